The number of benzene rings is 4. The predicted octanol–water partition coefficient (Wildman–Crippen LogP) is 7.25. The number of hydrogen-bond acceptors (Lipinski definition) is 4. The highest BCUT2D eigenvalue weighted by molar-refractivity contribution is 6.12. The van der Waals surface area contributed by atoms with E-state index in [1.165, 1.54) is 0 Å². The van der Waals surface area contributed by atoms with Crippen molar-refractivity contribution in [1.29, 1.82) is 0 Å². The van der Waals surface area contributed by atoms with E-state index < -0.39 is 5.60 Å². The van der Waals surface area contributed by atoms with Crippen molar-refractivity contribution in [3.63, 3.8) is 0 Å². The molecule has 0 heterocycles. The van der Waals surface area contributed by atoms with E-state index >= 15 is 0 Å². The number of rotatable bonds is 8. The third kappa shape index (κ3) is 5.03. The summed E-state index contributed by atoms with van der Waals surface area (Å²) in [4.78, 5) is 26.7. The second-order valence-electron chi connectivity index (χ2n) is 8.47. The topological polar surface area (TPSA) is 52.6 Å². The summed E-state index contributed by atoms with van der Waals surface area (Å²) < 4.78 is 12.1. The van der Waals surface area contributed by atoms with Gasteiger partial charge in [0.1, 0.15) is 17.2 Å². The van der Waals surface area contributed by atoms with Crippen molar-refractivity contribution in [2.45, 2.75) is 12.0 Å². The molecule has 0 amide bonds. The van der Waals surface area contributed by atoms with Crippen molar-refractivity contribution >= 4 is 11.6 Å². The molecule has 0 N–H and O–H groups in total. The van der Waals surface area contributed by atoms with Crippen LogP contribution in [0.1, 0.15) is 27.1 Å². The first-order chi connectivity index (χ1) is 17.6. The van der Waals surface area contributed by atoms with E-state index in [1.54, 1.807) is 54.6 Å². The van der Waals surface area contributed by atoms with Gasteiger partial charge < -0.3 is 9.47 Å². The van der Waals surface area contributed by atoms with Crippen LogP contribution in [-0.4, -0.2) is 17.2 Å². The maximum atomic E-state index is 13.6. The van der Waals surface area contributed by atoms with Gasteiger partial charge in [0.05, 0.1) is 0 Å². The Labute approximate surface area is 210 Å². The fourth-order valence-corrected chi connectivity index (χ4v) is 4.08. The van der Waals surface area contributed by atoms with Crippen LogP contribution in [-0.2, 0) is 0 Å². The Kier molecular flexibility index (Phi) is 6.59. The van der Waals surface area contributed by atoms with Crippen LogP contribution in [0, 0.1) is 0 Å². The SMILES string of the molecule is O=C(C1=CCC(Oc2ccccc2)(C(=O)c2ccccc2)C=C1)c1ccc(Oc2ccccc2)cc1. The molecule has 0 spiro atoms. The van der Waals surface area contributed by atoms with Crippen LogP contribution in [0.5, 0.6) is 17.2 Å². The van der Waals surface area contributed by atoms with Gasteiger partial charge in [-0.15, -0.1) is 0 Å². The number of allylic oxidation sites excluding steroid dienone is 2. The van der Waals surface area contributed by atoms with Crippen molar-refractivity contribution < 1.29 is 19.1 Å². The normalized spacial score (nSPS) is 16.6. The van der Waals surface area contributed by atoms with Gasteiger partial charge in [0.2, 0.25) is 5.78 Å². The average Bonchev–Trinajstić information content (AvgIpc) is 2.95. The van der Waals surface area contributed by atoms with Gasteiger partial charge in [-0.25, -0.2) is 0 Å². The molecule has 0 fully saturated rings. The van der Waals surface area contributed by atoms with Crippen LogP contribution < -0.4 is 9.47 Å². The summed E-state index contributed by atoms with van der Waals surface area (Å²) in [5.41, 5.74) is 0.368. The zero-order valence-electron chi connectivity index (χ0n) is 19.5. The van der Waals surface area contributed by atoms with E-state index in [9.17, 15) is 9.59 Å². The Morgan fingerprint density at radius 3 is 1.75 bits per heavy atom. The number of para-hydroxylation sites is 2. The highest BCUT2D eigenvalue weighted by Crippen LogP contribution is 2.32. The fraction of sp³-hybridized carbons (Fsp3) is 0.0625. The summed E-state index contributed by atoms with van der Waals surface area (Å²) in [5.74, 6) is 1.68. The standard InChI is InChI=1S/C32H24O4/c33-30(24-16-18-28(19-17-24)35-27-12-6-2-7-13-27)25-20-22-32(23-21-25,36-29-14-8-3-9-15-29)31(34)26-10-4-1-5-11-26/h1-22H,23H2. The van der Waals surface area contributed by atoms with E-state index in [0.29, 0.717) is 28.2 Å². The smallest absolute Gasteiger partial charge is 0.210 e. The minimum Gasteiger partial charge on any atom is -0.475 e. The highest BCUT2D eigenvalue weighted by Gasteiger charge is 2.40. The molecule has 1 atom stereocenters. The Balaban J connectivity index is 1.36. The Morgan fingerprint density at radius 2 is 1.17 bits per heavy atom. The van der Waals surface area contributed by atoms with E-state index in [-0.39, 0.29) is 18.0 Å². The largest absolute Gasteiger partial charge is 0.475 e. The second-order valence-corrected chi connectivity index (χ2v) is 8.47. The number of carbonyl (C=O) groups excluding carboxylic acids is 2. The zero-order chi connectivity index (χ0) is 24.8. The lowest BCUT2D eigenvalue weighted by Crippen LogP contribution is -2.43. The summed E-state index contributed by atoms with van der Waals surface area (Å²) in [6.45, 7) is 0. The monoisotopic (exact) mass is 472 g/mol. The minimum atomic E-state index is -1.24. The van der Waals surface area contributed by atoms with Crippen molar-refractivity contribution in [2.24, 2.45) is 0 Å². The van der Waals surface area contributed by atoms with E-state index in [1.807, 2.05) is 78.9 Å². The molecule has 176 valence electrons. The number of Topliss-reactive ketones (excluding diaryl/α,β-unsaturated/α-hetero) is 2. The zero-order valence-corrected chi connectivity index (χ0v) is 19.5. The maximum Gasteiger partial charge on any atom is 0.210 e. The first-order valence-electron chi connectivity index (χ1n) is 11.7. The molecule has 1 aliphatic carbocycles. The van der Waals surface area contributed by atoms with Gasteiger partial charge in [0, 0.05) is 23.1 Å². The molecule has 0 aliphatic heterocycles. The average molecular weight is 473 g/mol. The summed E-state index contributed by atoms with van der Waals surface area (Å²) in [6.07, 6.45) is 5.41. The Bertz CT molecular complexity index is 1410. The third-order valence-corrected chi connectivity index (χ3v) is 5.98. The molecule has 0 saturated carbocycles. The first kappa shape index (κ1) is 23.1. The molecule has 1 unspecified atom stereocenters. The molecule has 0 bridgehead atoms. The van der Waals surface area contributed by atoms with Gasteiger partial charge in [-0.05, 0) is 54.6 Å². The molecular weight excluding hydrogens is 448 g/mol. The number of hydrogen-bond donors (Lipinski definition) is 0. The van der Waals surface area contributed by atoms with E-state index in [4.69, 9.17) is 9.47 Å². The summed E-state index contributed by atoms with van der Waals surface area (Å²) in [5, 5.41) is 0. The van der Waals surface area contributed by atoms with Crippen LogP contribution in [0.2, 0.25) is 0 Å². The summed E-state index contributed by atoms with van der Waals surface area (Å²) >= 11 is 0. The highest BCUT2D eigenvalue weighted by atomic mass is 16.5. The fourth-order valence-electron chi connectivity index (χ4n) is 4.08. The lowest BCUT2D eigenvalue weighted by Gasteiger charge is -2.32. The molecule has 36 heavy (non-hydrogen) atoms. The van der Waals surface area contributed by atoms with Gasteiger partial charge in [-0.1, -0.05) is 78.9 Å². The maximum absolute atomic E-state index is 13.6. The number of ether oxygens (including phenoxy) is 2. The van der Waals surface area contributed by atoms with Crippen molar-refractivity contribution in [3.05, 3.63) is 150 Å². The molecule has 4 aromatic carbocycles. The Morgan fingerprint density at radius 1 is 0.611 bits per heavy atom. The van der Waals surface area contributed by atoms with Gasteiger partial charge in [-0.3, -0.25) is 9.59 Å². The summed E-state index contributed by atoms with van der Waals surface area (Å²) in [7, 11) is 0. The van der Waals surface area contributed by atoms with Crippen LogP contribution in [0.15, 0.2) is 139 Å². The van der Waals surface area contributed by atoms with Crippen LogP contribution in [0.3, 0.4) is 0 Å². The van der Waals surface area contributed by atoms with Gasteiger partial charge in [0.25, 0.3) is 0 Å². The van der Waals surface area contributed by atoms with Crippen LogP contribution >= 0.6 is 0 Å². The first-order valence-corrected chi connectivity index (χ1v) is 11.7. The van der Waals surface area contributed by atoms with Gasteiger partial charge in [-0.2, -0.15) is 0 Å². The molecule has 0 radical (unpaired) electrons. The van der Waals surface area contributed by atoms with Crippen molar-refractivity contribution in [1.82, 2.24) is 0 Å². The molecule has 5 rings (SSSR count). The molecule has 4 heteroatoms. The van der Waals surface area contributed by atoms with E-state index in [2.05, 4.69) is 0 Å². The van der Waals surface area contributed by atoms with Gasteiger partial charge >= 0.3 is 0 Å². The lowest BCUT2D eigenvalue weighted by molar-refractivity contribution is 0.0619. The molecular formula is C32H24O4. The molecule has 1 aliphatic rings. The van der Waals surface area contributed by atoms with Crippen molar-refractivity contribution in [3.8, 4) is 17.2 Å². The molecule has 0 aromatic heterocycles. The molecule has 4 aromatic rings. The minimum absolute atomic E-state index is 0.127. The Hall–Kier alpha value is -4.70. The van der Waals surface area contributed by atoms with Gasteiger partial charge in [0.15, 0.2) is 11.4 Å². The van der Waals surface area contributed by atoms with Crippen LogP contribution in [0.25, 0.3) is 0 Å². The van der Waals surface area contributed by atoms with Crippen LogP contribution in [0.4, 0.5) is 0 Å². The molecule has 0 saturated heterocycles. The number of carbonyl (C=O) groups is 2. The quantitative estimate of drug-likeness (QED) is 0.254. The predicted molar refractivity (Wildman–Crippen MR) is 140 cm³/mol. The second kappa shape index (κ2) is 10.3. The number of ketones is 2. The lowest BCUT2D eigenvalue weighted by atomic mass is 9.83. The summed E-state index contributed by atoms with van der Waals surface area (Å²) in [6, 6.07) is 34.8. The molecule has 4 nitrogen and oxygen atoms in total. The third-order valence-electron chi connectivity index (χ3n) is 5.98. The van der Waals surface area contributed by atoms with E-state index in [0.717, 1.165) is 5.75 Å². The van der Waals surface area contributed by atoms with Crippen molar-refractivity contribution in [2.75, 3.05) is 0 Å².